The third-order valence-electron chi connectivity index (χ3n) is 5.06. The number of rotatable bonds is 6. The smallest absolute Gasteiger partial charge is 0.136 e. The summed E-state index contributed by atoms with van der Waals surface area (Å²) in [7, 11) is 0. The number of hydrogen-bond acceptors (Lipinski definition) is 1. The van der Waals surface area contributed by atoms with Crippen molar-refractivity contribution in [1.29, 1.82) is 0 Å². The number of hydrogen-bond donors (Lipinski definition) is 0. The van der Waals surface area contributed by atoms with E-state index in [-0.39, 0.29) is 5.41 Å². The van der Waals surface area contributed by atoms with Crippen LogP contribution in [-0.4, -0.2) is 5.78 Å². The summed E-state index contributed by atoms with van der Waals surface area (Å²) in [6, 6.07) is 0. The van der Waals surface area contributed by atoms with Crippen molar-refractivity contribution in [3.63, 3.8) is 0 Å². The van der Waals surface area contributed by atoms with Crippen LogP contribution < -0.4 is 0 Å². The van der Waals surface area contributed by atoms with Crippen molar-refractivity contribution in [3.05, 3.63) is 0 Å². The van der Waals surface area contributed by atoms with E-state index in [2.05, 4.69) is 27.7 Å². The van der Waals surface area contributed by atoms with Crippen LogP contribution in [0.4, 0.5) is 0 Å². The molecule has 1 fully saturated rings. The first-order valence-corrected chi connectivity index (χ1v) is 7.47. The third-order valence-corrected chi connectivity index (χ3v) is 5.06. The van der Waals surface area contributed by atoms with Crippen LogP contribution in [0.2, 0.25) is 0 Å². The van der Waals surface area contributed by atoms with Gasteiger partial charge in [-0.2, -0.15) is 0 Å². The molecule has 0 radical (unpaired) electrons. The molecule has 0 aromatic heterocycles. The highest BCUT2D eigenvalue weighted by atomic mass is 16.1. The van der Waals surface area contributed by atoms with E-state index in [1.54, 1.807) is 0 Å². The fourth-order valence-electron chi connectivity index (χ4n) is 3.92. The van der Waals surface area contributed by atoms with Crippen molar-refractivity contribution in [1.82, 2.24) is 0 Å². The zero-order valence-corrected chi connectivity index (χ0v) is 12.4. The first-order valence-electron chi connectivity index (χ1n) is 7.47. The average Bonchev–Trinajstić information content (AvgIpc) is 2.60. The van der Waals surface area contributed by atoms with Crippen LogP contribution in [0.5, 0.6) is 0 Å². The highest BCUT2D eigenvalue weighted by Crippen LogP contribution is 2.52. The van der Waals surface area contributed by atoms with Crippen molar-refractivity contribution in [2.75, 3.05) is 0 Å². The molecule has 1 rings (SSSR count). The summed E-state index contributed by atoms with van der Waals surface area (Å²) >= 11 is 0. The summed E-state index contributed by atoms with van der Waals surface area (Å²) in [6.45, 7) is 11.3. The zero-order chi connectivity index (χ0) is 13.1. The van der Waals surface area contributed by atoms with Gasteiger partial charge in [-0.25, -0.2) is 0 Å². The minimum atomic E-state index is 0.222. The van der Waals surface area contributed by atoms with Gasteiger partial charge >= 0.3 is 0 Å². The number of carbonyl (C=O) groups is 1. The second-order valence-corrected chi connectivity index (χ2v) is 6.50. The number of carbonyl (C=O) groups excluding carboxylic acids is 1. The Morgan fingerprint density at radius 2 is 1.94 bits per heavy atom. The maximum Gasteiger partial charge on any atom is 0.136 e. The average molecular weight is 238 g/mol. The summed E-state index contributed by atoms with van der Waals surface area (Å²) in [5.41, 5.74) is 0.222. The Labute approximate surface area is 107 Å². The fraction of sp³-hybridized carbons (Fsp3) is 0.938. The van der Waals surface area contributed by atoms with E-state index in [0.29, 0.717) is 18.1 Å². The Bertz CT molecular complexity index is 254. The highest BCUT2D eigenvalue weighted by Gasteiger charge is 2.47. The Hall–Kier alpha value is -0.330. The Morgan fingerprint density at radius 1 is 1.29 bits per heavy atom. The summed E-state index contributed by atoms with van der Waals surface area (Å²) in [6.07, 6.45) is 7.05. The van der Waals surface area contributed by atoms with Gasteiger partial charge in [0.2, 0.25) is 0 Å². The molecule has 0 N–H and O–H groups in total. The normalized spacial score (nSPS) is 29.2. The molecule has 1 aliphatic carbocycles. The van der Waals surface area contributed by atoms with E-state index in [1.165, 1.54) is 25.7 Å². The van der Waals surface area contributed by atoms with E-state index >= 15 is 0 Å². The maximum absolute atomic E-state index is 12.0. The van der Waals surface area contributed by atoms with Crippen LogP contribution in [0, 0.1) is 23.2 Å². The monoisotopic (exact) mass is 238 g/mol. The van der Waals surface area contributed by atoms with Crippen molar-refractivity contribution in [2.24, 2.45) is 23.2 Å². The first kappa shape index (κ1) is 14.7. The molecule has 100 valence electrons. The van der Waals surface area contributed by atoms with E-state index in [4.69, 9.17) is 0 Å². The molecule has 0 aliphatic heterocycles. The minimum absolute atomic E-state index is 0.222. The molecule has 1 unspecified atom stereocenters. The van der Waals surface area contributed by atoms with Gasteiger partial charge in [0.05, 0.1) is 0 Å². The van der Waals surface area contributed by atoms with E-state index in [0.717, 1.165) is 18.3 Å². The molecule has 0 heterocycles. The lowest BCUT2D eigenvalue weighted by molar-refractivity contribution is -0.125. The Kier molecular flexibility index (Phi) is 5.22. The highest BCUT2D eigenvalue weighted by molar-refractivity contribution is 5.81. The maximum atomic E-state index is 12.0. The van der Waals surface area contributed by atoms with Gasteiger partial charge in [-0.1, -0.05) is 53.9 Å². The van der Waals surface area contributed by atoms with Gasteiger partial charge in [0, 0.05) is 12.3 Å². The van der Waals surface area contributed by atoms with Gasteiger partial charge in [0.15, 0.2) is 0 Å². The van der Waals surface area contributed by atoms with Gasteiger partial charge in [-0.15, -0.1) is 0 Å². The number of Topliss-reactive ketones (excluding diaryl/α,β-unsaturated/α-hetero) is 1. The predicted octanol–water partition coefficient (Wildman–Crippen LogP) is 4.84. The SMILES string of the molecule is CCCC[C@H](C)C1CC[C@@H](C(=O)CC)C1(C)C. The van der Waals surface area contributed by atoms with Gasteiger partial charge in [-0.05, 0) is 30.1 Å². The molecule has 0 bridgehead atoms. The zero-order valence-electron chi connectivity index (χ0n) is 12.4. The van der Waals surface area contributed by atoms with Crippen LogP contribution in [0.15, 0.2) is 0 Å². The summed E-state index contributed by atoms with van der Waals surface area (Å²) in [4.78, 5) is 12.0. The van der Waals surface area contributed by atoms with Crippen LogP contribution >= 0.6 is 0 Å². The predicted molar refractivity (Wildman–Crippen MR) is 74.0 cm³/mol. The van der Waals surface area contributed by atoms with Crippen LogP contribution in [-0.2, 0) is 4.79 Å². The summed E-state index contributed by atoms with van der Waals surface area (Å²) in [5, 5.41) is 0. The van der Waals surface area contributed by atoms with Crippen molar-refractivity contribution in [2.45, 2.75) is 73.1 Å². The van der Waals surface area contributed by atoms with Crippen LogP contribution in [0.1, 0.15) is 73.1 Å². The summed E-state index contributed by atoms with van der Waals surface area (Å²) < 4.78 is 0. The Balaban J connectivity index is 2.68. The standard InChI is InChI=1S/C16H30O/c1-6-8-9-12(3)13-10-11-14(15(17)7-2)16(13,4)5/h12-14H,6-11H2,1-5H3/t12-,13?,14-/m0/s1. The second-order valence-electron chi connectivity index (χ2n) is 6.50. The molecule has 17 heavy (non-hydrogen) atoms. The van der Waals surface area contributed by atoms with Gasteiger partial charge in [-0.3, -0.25) is 4.79 Å². The molecule has 0 saturated heterocycles. The molecule has 1 nitrogen and oxygen atoms in total. The molecular weight excluding hydrogens is 208 g/mol. The van der Waals surface area contributed by atoms with E-state index in [9.17, 15) is 4.79 Å². The van der Waals surface area contributed by atoms with Gasteiger partial charge in [0.1, 0.15) is 5.78 Å². The largest absolute Gasteiger partial charge is 0.299 e. The second kappa shape index (κ2) is 6.02. The fourth-order valence-corrected chi connectivity index (χ4v) is 3.92. The van der Waals surface area contributed by atoms with Gasteiger partial charge in [0.25, 0.3) is 0 Å². The van der Waals surface area contributed by atoms with Crippen molar-refractivity contribution in [3.8, 4) is 0 Å². The van der Waals surface area contributed by atoms with Crippen molar-refractivity contribution >= 4 is 5.78 Å². The third kappa shape index (κ3) is 3.11. The molecule has 1 aliphatic rings. The lowest BCUT2D eigenvalue weighted by Crippen LogP contribution is -2.33. The Morgan fingerprint density at radius 3 is 2.47 bits per heavy atom. The van der Waals surface area contributed by atoms with Crippen LogP contribution in [0.3, 0.4) is 0 Å². The molecule has 0 amide bonds. The molecular formula is C16H30O. The molecule has 0 aromatic rings. The minimum Gasteiger partial charge on any atom is -0.299 e. The summed E-state index contributed by atoms with van der Waals surface area (Å²) in [5.74, 6) is 2.33. The number of unbranched alkanes of at least 4 members (excludes halogenated alkanes) is 1. The van der Waals surface area contributed by atoms with Crippen molar-refractivity contribution < 1.29 is 4.79 Å². The van der Waals surface area contributed by atoms with E-state index in [1.807, 2.05) is 6.92 Å². The lowest BCUT2D eigenvalue weighted by atomic mass is 9.68. The van der Waals surface area contributed by atoms with Crippen LogP contribution in [0.25, 0.3) is 0 Å². The molecule has 0 aromatic carbocycles. The topological polar surface area (TPSA) is 17.1 Å². The number of ketones is 1. The lowest BCUT2D eigenvalue weighted by Gasteiger charge is -2.36. The first-order chi connectivity index (χ1) is 7.95. The molecule has 3 atom stereocenters. The van der Waals surface area contributed by atoms with Gasteiger partial charge < -0.3 is 0 Å². The molecule has 1 saturated carbocycles. The molecule has 1 heteroatoms. The van der Waals surface area contributed by atoms with E-state index < -0.39 is 0 Å². The molecule has 0 spiro atoms. The quantitative estimate of drug-likeness (QED) is 0.647.